The number of carbonyl (C=O) groups is 1. The third kappa shape index (κ3) is 3.82. The predicted molar refractivity (Wildman–Crippen MR) is 87.9 cm³/mol. The summed E-state index contributed by atoms with van der Waals surface area (Å²) in [5.74, 6) is 1.17. The summed E-state index contributed by atoms with van der Waals surface area (Å²) in [6, 6.07) is 10.7. The van der Waals surface area contributed by atoms with E-state index in [9.17, 15) is 4.79 Å². The van der Waals surface area contributed by atoms with Crippen molar-refractivity contribution in [2.45, 2.75) is 69.9 Å². The summed E-state index contributed by atoms with van der Waals surface area (Å²) in [4.78, 5) is 11.7. The fourth-order valence-corrected chi connectivity index (χ4v) is 3.97. The molecule has 1 aliphatic carbocycles. The first-order valence-corrected chi connectivity index (χ1v) is 8.74. The van der Waals surface area contributed by atoms with Crippen molar-refractivity contribution in [3.05, 3.63) is 35.9 Å². The molecule has 0 unspecified atom stereocenters. The largest absolute Gasteiger partial charge is 0.444 e. The Morgan fingerprint density at radius 2 is 1.91 bits per heavy atom. The topological polar surface area (TPSA) is 38.3 Å². The Morgan fingerprint density at radius 3 is 2.64 bits per heavy atom. The van der Waals surface area contributed by atoms with Crippen LogP contribution in [-0.2, 0) is 4.74 Å². The molecule has 1 aromatic carbocycles. The molecule has 0 spiro atoms. The third-order valence-corrected chi connectivity index (χ3v) is 5.28. The van der Waals surface area contributed by atoms with Gasteiger partial charge in [-0.1, -0.05) is 69.4 Å². The number of hydrogen-bond donors (Lipinski definition) is 1. The summed E-state index contributed by atoms with van der Waals surface area (Å²) in [6.45, 7) is 2.22. The maximum Gasteiger partial charge on any atom is 0.407 e. The number of carbonyl (C=O) groups excluding carboxylic acids is 1. The number of ether oxygens (including phenoxy) is 1. The lowest BCUT2D eigenvalue weighted by atomic mass is 9.82. The Morgan fingerprint density at radius 1 is 1.18 bits per heavy atom. The van der Waals surface area contributed by atoms with Gasteiger partial charge in [0.05, 0.1) is 6.04 Å². The van der Waals surface area contributed by atoms with Gasteiger partial charge in [0.1, 0.15) is 6.10 Å². The summed E-state index contributed by atoms with van der Waals surface area (Å²) in [5.41, 5.74) is 1.32. The van der Waals surface area contributed by atoms with Crippen molar-refractivity contribution < 1.29 is 9.53 Å². The number of alkyl carbamates (subject to hydrolysis) is 1. The van der Waals surface area contributed by atoms with Crippen LogP contribution in [0.1, 0.15) is 63.4 Å². The Balaban J connectivity index is 1.59. The smallest absolute Gasteiger partial charge is 0.407 e. The lowest BCUT2D eigenvalue weighted by molar-refractivity contribution is 0.116. The van der Waals surface area contributed by atoms with Crippen molar-refractivity contribution in [2.24, 2.45) is 5.92 Å². The molecule has 1 aliphatic heterocycles. The SMILES string of the molecule is C[C@H](C[C@@H]1OC(=O)N[C@H]1CC1CCCCC1)c1ccccc1. The van der Waals surface area contributed by atoms with Crippen molar-refractivity contribution >= 4 is 6.09 Å². The van der Waals surface area contributed by atoms with Gasteiger partial charge in [-0.2, -0.15) is 0 Å². The minimum absolute atomic E-state index is 0.0182. The van der Waals surface area contributed by atoms with Gasteiger partial charge in [-0.3, -0.25) is 0 Å². The van der Waals surface area contributed by atoms with E-state index in [2.05, 4.69) is 36.5 Å². The second kappa shape index (κ2) is 7.17. The highest BCUT2D eigenvalue weighted by atomic mass is 16.6. The van der Waals surface area contributed by atoms with E-state index < -0.39 is 0 Å². The summed E-state index contributed by atoms with van der Waals surface area (Å²) in [5, 5.41) is 3.05. The van der Waals surface area contributed by atoms with Gasteiger partial charge in [0.2, 0.25) is 0 Å². The van der Waals surface area contributed by atoms with Gasteiger partial charge in [-0.15, -0.1) is 0 Å². The zero-order valence-corrected chi connectivity index (χ0v) is 13.5. The molecule has 1 amide bonds. The number of hydrogen-bond acceptors (Lipinski definition) is 2. The van der Waals surface area contributed by atoms with Crippen molar-refractivity contribution in [3.63, 3.8) is 0 Å². The Bertz CT molecular complexity index is 481. The van der Waals surface area contributed by atoms with Gasteiger partial charge in [0.25, 0.3) is 0 Å². The molecule has 1 aromatic rings. The molecule has 3 rings (SSSR count). The Hall–Kier alpha value is -1.51. The van der Waals surface area contributed by atoms with Crippen LogP contribution in [0, 0.1) is 5.92 Å². The monoisotopic (exact) mass is 301 g/mol. The maximum atomic E-state index is 11.7. The molecule has 3 nitrogen and oxygen atoms in total. The minimum atomic E-state index is -0.230. The summed E-state index contributed by atoms with van der Waals surface area (Å²) in [6.07, 6.45) is 8.46. The molecule has 0 aromatic heterocycles. The fraction of sp³-hybridized carbons (Fsp3) is 0.632. The highest BCUT2D eigenvalue weighted by Gasteiger charge is 2.36. The minimum Gasteiger partial charge on any atom is -0.444 e. The van der Waals surface area contributed by atoms with E-state index in [0.717, 1.165) is 18.8 Å². The van der Waals surface area contributed by atoms with Crippen molar-refractivity contribution in [3.8, 4) is 0 Å². The molecule has 1 saturated heterocycles. The van der Waals surface area contributed by atoms with Gasteiger partial charge >= 0.3 is 6.09 Å². The van der Waals surface area contributed by atoms with Gasteiger partial charge in [0.15, 0.2) is 0 Å². The average molecular weight is 301 g/mol. The predicted octanol–water partition coefficient (Wildman–Crippen LogP) is 4.63. The summed E-state index contributed by atoms with van der Waals surface area (Å²) in [7, 11) is 0. The Kier molecular flexibility index (Phi) is 5.01. The lowest BCUT2D eigenvalue weighted by Crippen LogP contribution is -2.34. The molecular formula is C19H27NO2. The molecule has 1 heterocycles. The molecule has 1 N–H and O–H groups in total. The van der Waals surface area contributed by atoms with Gasteiger partial charge in [-0.05, 0) is 30.2 Å². The quantitative estimate of drug-likeness (QED) is 0.861. The van der Waals surface area contributed by atoms with E-state index in [4.69, 9.17) is 4.74 Å². The second-order valence-electron chi connectivity index (χ2n) is 6.98. The van der Waals surface area contributed by atoms with Crippen molar-refractivity contribution in [2.75, 3.05) is 0 Å². The molecule has 120 valence electrons. The molecule has 2 aliphatic rings. The zero-order valence-electron chi connectivity index (χ0n) is 13.5. The standard InChI is InChI=1S/C19H27NO2/c1-14(16-10-6-3-7-11-16)12-18-17(20-19(21)22-18)13-15-8-4-2-5-9-15/h3,6-7,10-11,14-15,17-18H,2,4-5,8-9,12-13H2,1H3,(H,20,21)/t14-,17+,18+/m1/s1. The van der Waals surface area contributed by atoms with Crippen LogP contribution in [0.15, 0.2) is 30.3 Å². The van der Waals surface area contributed by atoms with Crippen LogP contribution in [0.4, 0.5) is 4.79 Å². The maximum absolute atomic E-state index is 11.7. The number of cyclic esters (lactones) is 1. The average Bonchev–Trinajstić information content (AvgIpc) is 2.88. The van der Waals surface area contributed by atoms with E-state index in [-0.39, 0.29) is 18.2 Å². The van der Waals surface area contributed by atoms with Crippen molar-refractivity contribution in [1.29, 1.82) is 0 Å². The Labute approximate surface area is 133 Å². The van der Waals surface area contributed by atoms with Crippen molar-refractivity contribution in [1.82, 2.24) is 5.32 Å². The third-order valence-electron chi connectivity index (χ3n) is 5.28. The van der Waals surface area contributed by atoms with E-state index >= 15 is 0 Å². The fourth-order valence-electron chi connectivity index (χ4n) is 3.97. The normalized spacial score (nSPS) is 27.2. The molecule has 0 radical (unpaired) electrons. The van der Waals surface area contributed by atoms with Crippen LogP contribution < -0.4 is 5.32 Å². The molecule has 2 fully saturated rings. The number of nitrogens with one attached hydrogen (secondary N) is 1. The van der Waals surface area contributed by atoms with Gasteiger partial charge in [-0.25, -0.2) is 4.79 Å². The summed E-state index contributed by atoms with van der Waals surface area (Å²) >= 11 is 0. The molecule has 3 heteroatoms. The zero-order chi connectivity index (χ0) is 15.4. The first-order chi connectivity index (χ1) is 10.7. The van der Waals surface area contributed by atoms with E-state index in [1.165, 1.54) is 37.7 Å². The van der Waals surface area contributed by atoms with E-state index in [1.54, 1.807) is 0 Å². The molecule has 1 saturated carbocycles. The molecule has 0 bridgehead atoms. The molecule has 3 atom stereocenters. The van der Waals surface area contributed by atoms with Crippen LogP contribution >= 0.6 is 0 Å². The van der Waals surface area contributed by atoms with Crippen LogP contribution in [0.3, 0.4) is 0 Å². The van der Waals surface area contributed by atoms with Gasteiger partial charge < -0.3 is 10.1 Å². The van der Waals surface area contributed by atoms with Crippen LogP contribution in [0.5, 0.6) is 0 Å². The van der Waals surface area contributed by atoms with Gasteiger partial charge in [0, 0.05) is 0 Å². The molecular weight excluding hydrogens is 274 g/mol. The molecule has 22 heavy (non-hydrogen) atoms. The number of amides is 1. The van der Waals surface area contributed by atoms with Crippen LogP contribution in [0.25, 0.3) is 0 Å². The van der Waals surface area contributed by atoms with Crippen LogP contribution in [-0.4, -0.2) is 18.2 Å². The lowest BCUT2D eigenvalue weighted by Gasteiger charge is -2.27. The highest BCUT2D eigenvalue weighted by Crippen LogP contribution is 2.32. The number of benzene rings is 1. The summed E-state index contributed by atoms with van der Waals surface area (Å²) < 4.78 is 5.56. The second-order valence-corrected chi connectivity index (χ2v) is 6.98. The first-order valence-electron chi connectivity index (χ1n) is 8.74. The van der Waals surface area contributed by atoms with E-state index in [0.29, 0.717) is 5.92 Å². The first kappa shape index (κ1) is 15.4. The van der Waals surface area contributed by atoms with E-state index in [1.807, 2.05) is 6.07 Å². The highest BCUT2D eigenvalue weighted by molar-refractivity contribution is 5.70. The van der Waals surface area contributed by atoms with Crippen LogP contribution in [0.2, 0.25) is 0 Å². The number of rotatable bonds is 5.